The van der Waals surface area contributed by atoms with Gasteiger partial charge in [-0.25, -0.2) is 4.79 Å². The molecule has 1 heterocycles. The lowest BCUT2D eigenvalue weighted by atomic mass is 10.0. The van der Waals surface area contributed by atoms with Gasteiger partial charge in [-0.3, -0.25) is 59.1 Å². The molecule has 0 fully saturated rings. The van der Waals surface area contributed by atoms with E-state index >= 15 is 0 Å². The first kappa shape index (κ1) is 64.7. The van der Waals surface area contributed by atoms with Gasteiger partial charge in [0.2, 0.25) is 11.8 Å². The summed E-state index contributed by atoms with van der Waals surface area (Å²) in [5.74, 6) is -3.67. The summed E-state index contributed by atoms with van der Waals surface area (Å²) in [7, 11) is 0. The van der Waals surface area contributed by atoms with Crippen LogP contribution in [0.25, 0.3) is 10.9 Å². The molecule has 21 nitrogen and oxygen atoms in total. The Hall–Kier alpha value is -6.58. The Balaban J connectivity index is 1.70. The third-order valence-corrected chi connectivity index (χ3v) is 10.5. The van der Waals surface area contributed by atoms with Crippen molar-refractivity contribution in [3.05, 3.63) is 71.4 Å². The third-order valence-electron chi connectivity index (χ3n) is 10.5. The molecule has 1 aromatic heterocycles. The molecule has 0 radical (unpaired) electrons. The van der Waals surface area contributed by atoms with Crippen molar-refractivity contribution in [2.24, 2.45) is 0 Å². The zero-order chi connectivity index (χ0) is 57.9. The van der Waals surface area contributed by atoms with Crippen molar-refractivity contribution in [2.45, 2.75) is 164 Å². The average molecular weight is 1080 g/mol. The molecule has 2 aromatic carbocycles. The number of fused-ring (bicyclic) bond motifs is 1. The van der Waals surface area contributed by atoms with Gasteiger partial charge < -0.3 is 39.3 Å². The van der Waals surface area contributed by atoms with Gasteiger partial charge in [0.05, 0.1) is 32.7 Å². The van der Waals surface area contributed by atoms with Crippen LogP contribution in [0.3, 0.4) is 0 Å². The molecule has 0 aliphatic rings. The van der Waals surface area contributed by atoms with Gasteiger partial charge in [-0.15, -0.1) is 0 Å². The second-order valence-corrected chi connectivity index (χ2v) is 23.9. The molecule has 5 N–H and O–H groups in total. The van der Waals surface area contributed by atoms with Gasteiger partial charge in [0.1, 0.15) is 34.0 Å². The first-order chi connectivity index (χ1) is 35.5. The van der Waals surface area contributed by atoms with Crippen molar-refractivity contribution < 1.29 is 62.0 Å². The number of ether oxygens (including phenoxy) is 5. The molecular weight excluding hydrogens is 993 g/mol. The van der Waals surface area contributed by atoms with Gasteiger partial charge in [-0.1, -0.05) is 42.5 Å². The normalized spacial score (nSPS) is 12.7. The molecule has 1 atom stereocenters. The zero-order valence-electron chi connectivity index (χ0n) is 48.1. The number of para-hydroxylation sites is 1. The van der Waals surface area contributed by atoms with E-state index in [9.17, 15) is 38.4 Å². The number of esters is 4. The fourth-order valence-corrected chi connectivity index (χ4v) is 7.49. The summed E-state index contributed by atoms with van der Waals surface area (Å²) in [6.45, 7) is 25.7. The van der Waals surface area contributed by atoms with Crippen LogP contribution in [0.5, 0.6) is 0 Å². The van der Waals surface area contributed by atoms with Crippen molar-refractivity contribution in [1.29, 1.82) is 0 Å². The highest BCUT2D eigenvalue weighted by Gasteiger charge is 2.29. The van der Waals surface area contributed by atoms with Crippen molar-refractivity contribution in [1.82, 2.24) is 41.2 Å². The minimum Gasteiger partial charge on any atom is -0.459 e. The largest absolute Gasteiger partial charge is 0.459 e. The number of rotatable bonds is 25. The fourth-order valence-electron chi connectivity index (χ4n) is 7.49. The molecule has 3 aromatic rings. The highest BCUT2D eigenvalue weighted by atomic mass is 16.6. The van der Waals surface area contributed by atoms with Crippen molar-refractivity contribution in [3.8, 4) is 0 Å². The number of nitrogens with zero attached hydrogens (tertiary/aromatic N) is 3. The average Bonchev–Trinajstić information content (AvgIpc) is 3.66. The summed E-state index contributed by atoms with van der Waals surface area (Å²) in [6.07, 6.45) is 1.47. The summed E-state index contributed by atoms with van der Waals surface area (Å²) in [6, 6.07) is 13.8. The lowest BCUT2D eigenvalue weighted by Crippen LogP contribution is -2.53. The van der Waals surface area contributed by atoms with Crippen molar-refractivity contribution in [2.75, 3.05) is 58.9 Å². The number of hydrazine groups is 1. The molecule has 4 amide bonds. The maximum absolute atomic E-state index is 13.7. The molecule has 0 unspecified atom stereocenters. The zero-order valence-corrected chi connectivity index (χ0v) is 48.1. The Labute approximate surface area is 454 Å². The number of aryl methyl sites for hydroxylation is 1. The second-order valence-electron chi connectivity index (χ2n) is 23.9. The van der Waals surface area contributed by atoms with Gasteiger partial charge in [0.25, 0.3) is 5.91 Å². The number of carbonyl (C=O) groups is 8. The highest BCUT2D eigenvalue weighted by molar-refractivity contribution is 5.90. The van der Waals surface area contributed by atoms with Gasteiger partial charge in [-0.2, -0.15) is 0 Å². The number of hydrogen-bond donors (Lipinski definition) is 5. The van der Waals surface area contributed by atoms with Crippen LogP contribution in [0.2, 0.25) is 0 Å². The molecule has 21 heteroatoms. The minimum atomic E-state index is -1.07. The van der Waals surface area contributed by atoms with Crippen LogP contribution in [0.1, 0.15) is 127 Å². The van der Waals surface area contributed by atoms with E-state index in [1.54, 1.807) is 125 Å². The first-order valence-corrected chi connectivity index (χ1v) is 26.0. The predicted octanol–water partition coefficient (Wildman–Crippen LogP) is 5.27. The topological polar surface area (TPSA) is 256 Å². The molecule has 0 aliphatic carbocycles. The number of amides is 4. The summed E-state index contributed by atoms with van der Waals surface area (Å²) in [4.78, 5) is 113. The standard InChI is InChI=1S/C56H86N8O13/c1-52(2,3)73-46(67)34-63(35-47(68)74-53(4,5)6)28-26-62(27-29-64(36-48(69)75-54(7,8)9)37-49(70)76-55(10,11)12)33-45(66)58-31-39-22-20-38(21-23-39)24-25-44(65)60-61-50(71)43(59-51(72)77-56(13,14)15)30-40-32-57-42-19-17-16-18-41(40)42/h16-23,32,43,57H,24-31,33-37H2,1-15H3,(H,58,66)(H,59,72)(H,60,65)(H,61,71)/t43-/m1/s1. The lowest BCUT2D eigenvalue weighted by molar-refractivity contribution is -0.162. The Bertz CT molecular complexity index is 2330. The van der Waals surface area contributed by atoms with Crippen LogP contribution < -0.4 is 21.5 Å². The van der Waals surface area contributed by atoms with Crippen molar-refractivity contribution >= 4 is 58.6 Å². The second kappa shape index (κ2) is 28.7. The quantitative estimate of drug-likeness (QED) is 0.0411. The third kappa shape index (κ3) is 28.4. The van der Waals surface area contributed by atoms with Gasteiger partial charge in [-0.05, 0) is 133 Å². The highest BCUT2D eigenvalue weighted by Crippen LogP contribution is 2.20. The molecular formula is C56H86N8O13. The van der Waals surface area contributed by atoms with Gasteiger partial charge in [0, 0.05) is 62.7 Å². The minimum absolute atomic E-state index is 0.0265. The fraction of sp³-hybridized carbons (Fsp3) is 0.607. The van der Waals surface area contributed by atoms with Crippen LogP contribution in [0, 0.1) is 0 Å². The SMILES string of the molecule is CC(C)(C)OC(=O)CN(CCN(CCN(CC(=O)OC(C)(C)C)CC(=O)OC(C)(C)C)CC(=O)NCc1ccc(CCC(=O)NNC(=O)[C@@H](Cc2c[nH]c3ccccc23)NC(=O)OC(C)(C)C)cc1)CC(=O)OC(C)(C)C. The Morgan fingerprint density at radius 1 is 0.506 bits per heavy atom. The Morgan fingerprint density at radius 3 is 1.39 bits per heavy atom. The molecule has 0 spiro atoms. The maximum atomic E-state index is 13.7. The van der Waals surface area contributed by atoms with E-state index in [2.05, 4.69) is 26.5 Å². The lowest BCUT2D eigenvalue weighted by Gasteiger charge is -2.30. The summed E-state index contributed by atoms with van der Waals surface area (Å²) >= 11 is 0. The maximum Gasteiger partial charge on any atom is 0.408 e. The number of carbonyl (C=O) groups excluding carboxylic acids is 8. The summed E-state index contributed by atoms with van der Waals surface area (Å²) in [5.41, 5.74) is 4.22. The Kier molecular flexibility index (Phi) is 24.1. The molecule has 0 aliphatic heterocycles. The van der Waals surface area contributed by atoms with Crippen molar-refractivity contribution in [3.63, 3.8) is 0 Å². The van der Waals surface area contributed by atoms with Crippen LogP contribution >= 0.6 is 0 Å². The summed E-state index contributed by atoms with van der Waals surface area (Å²) in [5, 5.41) is 6.46. The molecule has 428 valence electrons. The van der Waals surface area contributed by atoms with Crippen LogP contribution in [0.15, 0.2) is 54.7 Å². The van der Waals surface area contributed by atoms with Gasteiger partial charge in [0.15, 0.2) is 0 Å². The van der Waals surface area contributed by atoms with E-state index in [1.165, 1.54) is 0 Å². The molecule has 3 rings (SSSR count). The van der Waals surface area contributed by atoms with E-state index in [4.69, 9.17) is 23.7 Å². The number of hydrogen-bond acceptors (Lipinski definition) is 16. The number of benzene rings is 2. The molecule has 0 saturated heterocycles. The first-order valence-electron chi connectivity index (χ1n) is 26.0. The molecule has 77 heavy (non-hydrogen) atoms. The number of aromatic nitrogens is 1. The van der Waals surface area contributed by atoms with Crippen LogP contribution in [0.4, 0.5) is 4.79 Å². The Morgan fingerprint density at radius 2 is 0.935 bits per heavy atom. The number of aromatic amines is 1. The van der Waals surface area contributed by atoms with Crippen LogP contribution in [-0.4, -0.2) is 160 Å². The smallest absolute Gasteiger partial charge is 0.408 e. The van der Waals surface area contributed by atoms with Gasteiger partial charge >= 0.3 is 30.0 Å². The monoisotopic (exact) mass is 1080 g/mol. The molecule has 0 bridgehead atoms. The van der Waals surface area contributed by atoms with E-state index in [0.29, 0.717) is 6.42 Å². The molecule has 0 saturated carbocycles. The van der Waals surface area contributed by atoms with E-state index in [1.807, 2.05) is 48.5 Å². The van der Waals surface area contributed by atoms with E-state index in [-0.39, 0.29) is 84.2 Å². The predicted molar refractivity (Wildman–Crippen MR) is 291 cm³/mol. The van der Waals surface area contributed by atoms with E-state index < -0.39 is 75.8 Å². The summed E-state index contributed by atoms with van der Waals surface area (Å²) < 4.78 is 27.7. The van der Waals surface area contributed by atoms with Crippen LogP contribution in [-0.2, 0) is 76.6 Å². The van der Waals surface area contributed by atoms with E-state index in [0.717, 1.165) is 27.6 Å². The number of H-pyrrole nitrogens is 1. The number of alkyl carbamates (subject to hydrolysis) is 1. The number of nitrogens with one attached hydrogen (secondary N) is 5.